The van der Waals surface area contributed by atoms with E-state index >= 15 is 0 Å². The minimum Gasteiger partial charge on any atom is -0.497 e. The Labute approximate surface area is 214 Å². The van der Waals surface area contributed by atoms with Crippen LogP contribution < -0.4 is 20.2 Å². The summed E-state index contributed by atoms with van der Waals surface area (Å²) in [7, 11) is 1.58. The summed E-state index contributed by atoms with van der Waals surface area (Å²) >= 11 is 12.0. The monoisotopic (exact) mass is 513 g/mol. The Bertz CT molecular complexity index is 1200. The van der Waals surface area contributed by atoms with Gasteiger partial charge in [0.2, 0.25) is 5.91 Å². The minimum absolute atomic E-state index is 0.147. The van der Waals surface area contributed by atoms with Crippen molar-refractivity contribution in [3.8, 4) is 11.5 Å². The van der Waals surface area contributed by atoms with Crippen LogP contribution in [0.1, 0.15) is 23.6 Å². The first-order chi connectivity index (χ1) is 16.9. The molecule has 0 aliphatic heterocycles. The Morgan fingerprint density at radius 2 is 1.71 bits per heavy atom. The van der Waals surface area contributed by atoms with Crippen LogP contribution in [0.3, 0.4) is 0 Å². The summed E-state index contributed by atoms with van der Waals surface area (Å²) in [5.41, 5.74) is 4.78. The Kier molecular flexibility index (Phi) is 9.52. The predicted octanol–water partition coefficient (Wildman–Crippen LogP) is 4.78. The average Bonchev–Trinajstić information content (AvgIpc) is 2.85. The number of hydrogen-bond donors (Lipinski definition) is 2. The highest BCUT2D eigenvalue weighted by Gasteiger charge is 2.15. The predicted molar refractivity (Wildman–Crippen MR) is 137 cm³/mol. The van der Waals surface area contributed by atoms with Crippen molar-refractivity contribution in [2.45, 2.75) is 26.0 Å². The van der Waals surface area contributed by atoms with Crippen molar-refractivity contribution >= 4 is 41.2 Å². The number of carbonyl (C=O) groups excluding carboxylic acids is 2. The summed E-state index contributed by atoms with van der Waals surface area (Å²) in [5.74, 6) is 0.569. The van der Waals surface area contributed by atoms with Crippen LogP contribution in [0.2, 0.25) is 10.0 Å². The fraction of sp³-hybridized carbons (Fsp3) is 0.192. The van der Waals surface area contributed by atoms with E-state index in [1.165, 1.54) is 6.21 Å². The van der Waals surface area contributed by atoms with Gasteiger partial charge in [0.15, 0.2) is 0 Å². The molecule has 0 bridgehead atoms. The number of nitrogens with zero attached hydrogens (tertiary/aromatic N) is 1. The summed E-state index contributed by atoms with van der Waals surface area (Å²) in [6.45, 7) is 1.87. The third-order valence-electron chi connectivity index (χ3n) is 4.97. The molecule has 3 aromatic rings. The van der Waals surface area contributed by atoms with E-state index in [1.807, 2.05) is 18.2 Å². The zero-order chi connectivity index (χ0) is 25.2. The Morgan fingerprint density at radius 1 is 1.00 bits per heavy atom. The normalized spacial score (nSPS) is 11.7. The van der Waals surface area contributed by atoms with Crippen LogP contribution in [-0.2, 0) is 22.6 Å². The van der Waals surface area contributed by atoms with Gasteiger partial charge in [-0.15, -0.1) is 0 Å². The molecule has 0 aromatic heterocycles. The molecule has 3 rings (SSSR count). The van der Waals surface area contributed by atoms with Gasteiger partial charge >= 0.3 is 0 Å². The van der Waals surface area contributed by atoms with Gasteiger partial charge in [-0.2, -0.15) is 5.10 Å². The molecule has 2 amide bonds. The molecule has 1 atom stereocenters. The van der Waals surface area contributed by atoms with Crippen LogP contribution >= 0.6 is 23.2 Å². The number of methoxy groups -OCH3 is 1. The highest BCUT2D eigenvalue weighted by molar-refractivity contribution is 6.42. The Hall–Kier alpha value is -3.55. The molecular formula is C26H25Cl2N3O4. The molecule has 3 aromatic carbocycles. The molecule has 0 aliphatic carbocycles. The number of hydrogen-bond acceptors (Lipinski definition) is 5. The first-order valence-corrected chi connectivity index (χ1v) is 11.5. The number of ether oxygens (including phenoxy) is 2. The van der Waals surface area contributed by atoms with Gasteiger partial charge in [0.1, 0.15) is 24.1 Å². The van der Waals surface area contributed by atoms with Crippen LogP contribution in [0.15, 0.2) is 71.8 Å². The van der Waals surface area contributed by atoms with Crippen molar-refractivity contribution < 1.29 is 19.1 Å². The summed E-state index contributed by atoms with van der Waals surface area (Å²) in [6.07, 6.45) is 1.63. The van der Waals surface area contributed by atoms with E-state index in [0.29, 0.717) is 27.1 Å². The third kappa shape index (κ3) is 8.02. The second kappa shape index (κ2) is 12.8. The van der Waals surface area contributed by atoms with Gasteiger partial charge in [0.05, 0.1) is 29.8 Å². The fourth-order valence-electron chi connectivity index (χ4n) is 3.06. The molecule has 2 N–H and O–H groups in total. The van der Waals surface area contributed by atoms with Crippen molar-refractivity contribution in [1.82, 2.24) is 10.7 Å². The summed E-state index contributed by atoms with van der Waals surface area (Å²) in [6, 6.07) is 18.9. The lowest BCUT2D eigenvalue weighted by molar-refractivity contribution is -0.128. The number of hydrazone groups is 1. The topological polar surface area (TPSA) is 89.0 Å². The number of benzene rings is 3. The van der Waals surface area contributed by atoms with Gasteiger partial charge in [-0.25, -0.2) is 5.43 Å². The summed E-state index contributed by atoms with van der Waals surface area (Å²) < 4.78 is 11.0. The van der Waals surface area contributed by atoms with Crippen molar-refractivity contribution in [2.75, 3.05) is 7.11 Å². The summed E-state index contributed by atoms with van der Waals surface area (Å²) in [4.78, 5) is 24.6. The molecule has 0 spiro atoms. The SMILES string of the molecule is COc1ccc(CC(=O)NC(C)C(=O)NN=Cc2ccccc2OCc2ccc(Cl)c(Cl)c2)cc1. The van der Waals surface area contributed by atoms with Crippen molar-refractivity contribution in [3.05, 3.63) is 93.5 Å². The second-order valence-electron chi connectivity index (χ2n) is 7.62. The maximum absolute atomic E-state index is 12.3. The molecular weight excluding hydrogens is 489 g/mol. The van der Waals surface area contributed by atoms with Crippen molar-refractivity contribution in [1.29, 1.82) is 0 Å². The number of carbonyl (C=O) groups is 2. The largest absolute Gasteiger partial charge is 0.497 e. The molecule has 182 valence electrons. The lowest BCUT2D eigenvalue weighted by Gasteiger charge is -2.12. The number of nitrogens with one attached hydrogen (secondary N) is 2. The van der Waals surface area contributed by atoms with E-state index in [1.54, 1.807) is 62.6 Å². The van der Waals surface area contributed by atoms with E-state index < -0.39 is 11.9 Å². The number of halogens is 2. The molecule has 7 nitrogen and oxygen atoms in total. The van der Waals surface area contributed by atoms with Gasteiger partial charge in [-0.05, 0) is 54.4 Å². The van der Waals surface area contributed by atoms with E-state index in [2.05, 4.69) is 15.8 Å². The van der Waals surface area contributed by atoms with Gasteiger partial charge in [0.25, 0.3) is 5.91 Å². The highest BCUT2D eigenvalue weighted by Crippen LogP contribution is 2.24. The molecule has 0 heterocycles. The Morgan fingerprint density at radius 3 is 2.43 bits per heavy atom. The lowest BCUT2D eigenvalue weighted by atomic mass is 10.1. The number of rotatable bonds is 10. The van der Waals surface area contributed by atoms with Crippen LogP contribution in [0.5, 0.6) is 11.5 Å². The molecule has 0 radical (unpaired) electrons. The minimum atomic E-state index is -0.765. The molecule has 0 aliphatic rings. The maximum atomic E-state index is 12.3. The third-order valence-corrected chi connectivity index (χ3v) is 5.71. The van der Waals surface area contributed by atoms with Gasteiger partial charge in [-0.3, -0.25) is 9.59 Å². The number of para-hydroxylation sites is 1. The van der Waals surface area contributed by atoms with Crippen molar-refractivity contribution in [2.24, 2.45) is 5.10 Å². The number of amides is 2. The molecule has 1 unspecified atom stereocenters. The highest BCUT2D eigenvalue weighted by atomic mass is 35.5. The zero-order valence-electron chi connectivity index (χ0n) is 19.3. The van der Waals surface area contributed by atoms with E-state index in [9.17, 15) is 9.59 Å². The summed E-state index contributed by atoms with van der Waals surface area (Å²) in [5, 5.41) is 7.60. The molecule has 9 heteroatoms. The second-order valence-corrected chi connectivity index (χ2v) is 8.44. The maximum Gasteiger partial charge on any atom is 0.262 e. The van der Waals surface area contributed by atoms with Crippen LogP contribution in [0.25, 0.3) is 0 Å². The average molecular weight is 514 g/mol. The molecule has 35 heavy (non-hydrogen) atoms. The van der Waals surface area contributed by atoms with Gasteiger partial charge in [-0.1, -0.05) is 53.5 Å². The van der Waals surface area contributed by atoms with Crippen LogP contribution in [0.4, 0.5) is 0 Å². The molecule has 0 saturated heterocycles. The van der Waals surface area contributed by atoms with Crippen LogP contribution in [-0.4, -0.2) is 31.2 Å². The molecule has 0 fully saturated rings. The smallest absolute Gasteiger partial charge is 0.262 e. The van der Waals surface area contributed by atoms with E-state index in [4.69, 9.17) is 32.7 Å². The molecule has 0 saturated carbocycles. The standard InChI is InChI=1S/C26H25Cl2N3O4/c1-17(30-25(32)14-18-7-10-21(34-2)11-8-18)26(33)31-29-15-20-5-3-4-6-24(20)35-16-19-9-12-22(27)23(28)13-19/h3-13,15,17H,14,16H2,1-2H3,(H,30,32)(H,31,33). The van der Waals surface area contributed by atoms with Crippen molar-refractivity contribution in [3.63, 3.8) is 0 Å². The van der Waals surface area contributed by atoms with E-state index in [0.717, 1.165) is 11.1 Å². The lowest BCUT2D eigenvalue weighted by Crippen LogP contribution is -2.43. The Balaban J connectivity index is 1.51. The first-order valence-electron chi connectivity index (χ1n) is 10.8. The van der Waals surface area contributed by atoms with E-state index in [-0.39, 0.29) is 18.9 Å². The zero-order valence-corrected chi connectivity index (χ0v) is 20.8. The van der Waals surface area contributed by atoms with Gasteiger partial charge < -0.3 is 14.8 Å². The first kappa shape index (κ1) is 26.1. The quantitative estimate of drug-likeness (QED) is 0.301. The van der Waals surface area contributed by atoms with Gasteiger partial charge in [0, 0.05) is 5.56 Å². The fourth-order valence-corrected chi connectivity index (χ4v) is 3.38. The van der Waals surface area contributed by atoms with Crippen LogP contribution in [0, 0.1) is 0 Å².